The predicted octanol–water partition coefficient (Wildman–Crippen LogP) is 3.39. The van der Waals surface area contributed by atoms with E-state index in [1.54, 1.807) is 13.2 Å². The molecule has 2 aromatic carbocycles. The molecule has 140 valence electrons. The Morgan fingerprint density at radius 2 is 1.78 bits per heavy atom. The minimum atomic E-state index is 0.725. The van der Waals surface area contributed by atoms with Gasteiger partial charge in [0, 0.05) is 43.2 Å². The zero-order valence-corrected chi connectivity index (χ0v) is 16.3. The molecular formula is C21H25N5S. The highest BCUT2D eigenvalue weighted by Gasteiger charge is 2.04. The molecule has 0 aliphatic heterocycles. The molecule has 0 saturated carbocycles. The molecule has 27 heavy (non-hydrogen) atoms. The second-order valence-corrected chi connectivity index (χ2v) is 7.15. The summed E-state index contributed by atoms with van der Waals surface area (Å²) in [7, 11) is 1.80. The minimum Gasteiger partial charge on any atom is -0.356 e. The lowest BCUT2D eigenvalue weighted by atomic mass is 10.1. The van der Waals surface area contributed by atoms with Crippen molar-refractivity contribution in [2.24, 2.45) is 4.99 Å². The topological polar surface area (TPSA) is 54.2 Å². The fourth-order valence-electron chi connectivity index (χ4n) is 2.71. The number of nitrogens with zero attached hydrogens (tertiary/aromatic N) is 3. The van der Waals surface area contributed by atoms with Crippen LogP contribution in [0.5, 0.6) is 0 Å². The molecule has 0 radical (unpaired) electrons. The van der Waals surface area contributed by atoms with Crippen molar-refractivity contribution < 1.29 is 0 Å². The normalized spacial score (nSPS) is 11.4. The predicted molar refractivity (Wildman–Crippen MR) is 113 cm³/mol. The maximum atomic E-state index is 4.32. The number of hydrogen-bond acceptors (Lipinski definition) is 3. The molecule has 0 saturated heterocycles. The number of thioether (sulfide) groups is 1. The summed E-state index contributed by atoms with van der Waals surface area (Å²) in [4.78, 5) is 5.61. The molecule has 3 aromatic rings. The summed E-state index contributed by atoms with van der Waals surface area (Å²) in [6.45, 7) is 2.35. The molecule has 0 spiro atoms. The van der Waals surface area contributed by atoms with E-state index in [0.717, 1.165) is 31.3 Å². The summed E-state index contributed by atoms with van der Waals surface area (Å²) < 4.78 is 1.94. The largest absolute Gasteiger partial charge is 0.356 e. The summed E-state index contributed by atoms with van der Waals surface area (Å²) in [5.74, 6) is 1.80. The van der Waals surface area contributed by atoms with Crippen LogP contribution in [0.1, 0.15) is 11.1 Å². The Morgan fingerprint density at radius 1 is 1.00 bits per heavy atom. The highest BCUT2D eigenvalue weighted by molar-refractivity contribution is 7.99. The van der Waals surface area contributed by atoms with Crippen molar-refractivity contribution in [1.82, 2.24) is 20.4 Å². The average molecular weight is 380 g/mol. The van der Waals surface area contributed by atoms with Crippen LogP contribution in [-0.4, -0.2) is 35.1 Å². The second-order valence-electron chi connectivity index (χ2n) is 5.99. The van der Waals surface area contributed by atoms with E-state index in [9.17, 15) is 0 Å². The Kier molecular flexibility index (Phi) is 7.35. The number of rotatable bonds is 8. The summed E-state index contributed by atoms with van der Waals surface area (Å²) in [5.41, 5.74) is 2.50. The second kappa shape index (κ2) is 10.4. The molecule has 0 fully saturated rings. The molecule has 3 rings (SSSR count). The van der Waals surface area contributed by atoms with Gasteiger partial charge in [0.15, 0.2) is 5.96 Å². The van der Waals surface area contributed by atoms with E-state index in [0.29, 0.717) is 0 Å². The van der Waals surface area contributed by atoms with Crippen LogP contribution in [0, 0.1) is 0 Å². The lowest BCUT2D eigenvalue weighted by Crippen LogP contribution is -2.38. The molecule has 1 heterocycles. The van der Waals surface area contributed by atoms with Crippen LogP contribution in [0.3, 0.4) is 0 Å². The van der Waals surface area contributed by atoms with E-state index in [4.69, 9.17) is 0 Å². The number of nitrogens with one attached hydrogen (secondary N) is 2. The van der Waals surface area contributed by atoms with Crippen LogP contribution < -0.4 is 10.6 Å². The monoisotopic (exact) mass is 379 g/mol. The van der Waals surface area contributed by atoms with Gasteiger partial charge in [0.1, 0.15) is 0 Å². The van der Waals surface area contributed by atoms with Crippen molar-refractivity contribution in [3.63, 3.8) is 0 Å². The fourth-order valence-corrected chi connectivity index (χ4v) is 3.50. The van der Waals surface area contributed by atoms with Crippen LogP contribution in [-0.2, 0) is 13.1 Å². The molecule has 6 heteroatoms. The molecular weight excluding hydrogens is 354 g/mol. The molecule has 0 unspecified atom stereocenters. The first-order valence-corrected chi connectivity index (χ1v) is 10.0. The van der Waals surface area contributed by atoms with E-state index < -0.39 is 0 Å². The quantitative estimate of drug-likeness (QED) is 0.273. The van der Waals surface area contributed by atoms with Crippen molar-refractivity contribution in [1.29, 1.82) is 0 Å². The van der Waals surface area contributed by atoms with Crippen molar-refractivity contribution in [3.05, 3.63) is 84.2 Å². The number of benzene rings is 2. The van der Waals surface area contributed by atoms with E-state index in [1.165, 1.54) is 16.0 Å². The van der Waals surface area contributed by atoms with Crippen molar-refractivity contribution >= 4 is 17.7 Å². The molecule has 0 atom stereocenters. The van der Waals surface area contributed by atoms with E-state index in [-0.39, 0.29) is 0 Å². The van der Waals surface area contributed by atoms with Crippen LogP contribution in [0.25, 0.3) is 0 Å². The first-order valence-electron chi connectivity index (χ1n) is 9.02. The Balaban J connectivity index is 1.46. The fraction of sp³-hybridized carbons (Fsp3) is 0.238. The number of aromatic nitrogens is 2. The lowest BCUT2D eigenvalue weighted by molar-refractivity contribution is 0.678. The SMILES string of the molecule is CN=C(NCCSc1ccccc1)NCc1ccccc1Cn1cccn1. The van der Waals surface area contributed by atoms with Crippen LogP contribution >= 0.6 is 11.8 Å². The number of aliphatic imine (C=N–C) groups is 1. The average Bonchev–Trinajstić information content (AvgIpc) is 3.22. The van der Waals surface area contributed by atoms with Gasteiger partial charge >= 0.3 is 0 Å². The van der Waals surface area contributed by atoms with E-state index in [1.807, 2.05) is 34.8 Å². The first-order chi connectivity index (χ1) is 13.3. The highest BCUT2D eigenvalue weighted by atomic mass is 32.2. The number of guanidine groups is 1. The minimum absolute atomic E-state index is 0.725. The summed E-state index contributed by atoms with van der Waals surface area (Å²) in [5, 5.41) is 11.1. The number of hydrogen-bond donors (Lipinski definition) is 2. The summed E-state index contributed by atoms with van der Waals surface area (Å²) in [6.07, 6.45) is 3.79. The summed E-state index contributed by atoms with van der Waals surface area (Å²) >= 11 is 1.84. The first kappa shape index (κ1) is 19.0. The third-order valence-corrected chi connectivity index (χ3v) is 5.10. The maximum absolute atomic E-state index is 4.32. The smallest absolute Gasteiger partial charge is 0.191 e. The molecule has 0 bridgehead atoms. The zero-order chi connectivity index (χ0) is 18.7. The highest BCUT2D eigenvalue weighted by Crippen LogP contribution is 2.15. The van der Waals surface area contributed by atoms with Gasteiger partial charge in [0.25, 0.3) is 0 Å². The van der Waals surface area contributed by atoms with Gasteiger partial charge in [0.2, 0.25) is 0 Å². The zero-order valence-electron chi connectivity index (χ0n) is 15.5. The van der Waals surface area contributed by atoms with Crippen molar-refractivity contribution in [2.75, 3.05) is 19.3 Å². The van der Waals surface area contributed by atoms with Gasteiger partial charge in [-0.25, -0.2) is 0 Å². The van der Waals surface area contributed by atoms with Crippen LogP contribution in [0.2, 0.25) is 0 Å². The van der Waals surface area contributed by atoms with Gasteiger partial charge in [-0.3, -0.25) is 9.67 Å². The molecule has 0 aliphatic carbocycles. The van der Waals surface area contributed by atoms with Crippen molar-refractivity contribution in [3.8, 4) is 0 Å². The Bertz CT molecular complexity index is 831. The molecule has 5 nitrogen and oxygen atoms in total. The van der Waals surface area contributed by atoms with Gasteiger partial charge in [-0.05, 0) is 29.3 Å². The standard InChI is InChI=1S/C21H25N5S/c1-22-21(23-13-15-27-20-10-3-2-4-11-20)24-16-18-8-5-6-9-19(18)17-26-14-7-12-25-26/h2-12,14H,13,15-17H2,1H3,(H2,22,23,24). The van der Waals surface area contributed by atoms with Gasteiger partial charge in [0.05, 0.1) is 6.54 Å². The van der Waals surface area contributed by atoms with Crippen LogP contribution in [0.4, 0.5) is 0 Å². The maximum Gasteiger partial charge on any atom is 0.191 e. The van der Waals surface area contributed by atoms with Gasteiger partial charge < -0.3 is 10.6 Å². The molecule has 0 aliphatic rings. The van der Waals surface area contributed by atoms with E-state index >= 15 is 0 Å². The van der Waals surface area contributed by atoms with Gasteiger partial charge in [-0.2, -0.15) is 5.10 Å². The van der Waals surface area contributed by atoms with Gasteiger partial charge in [-0.15, -0.1) is 11.8 Å². The molecule has 1 aromatic heterocycles. The van der Waals surface area contributed by atoms with E-state index in [2.05, 4.69) is 69.3 Å². The third-order valence-electron chi connectivity index (χ3n) is 4.09. The Labute approximate surface area is 164 Å². The third kappa shape index (κ3) is 6.18. The Hall–Kier alpha value is -2.73. The lowest BCUT2D eigenvalue weighted by Gasteiger charge is -2.14. The molecule has 0 amide bonds. The van der Waals surface area contributed by atoms with Gasteiger partial charge in [-0.1, -0.05) is 42.5 Å². The van der Waals surface area contributed by atoms with Crippen molar-refractivity contribution in [2.45, 2.75) is 18.0 Å². The summed E-state index contributed by atoms with van der Waals surface area (Å²) in [6, 6.07) is 20.8. The Morgan fingerprint density at radius 3 is 2.52 bits per heavy atom. The molecule has 2 N–H and O–H groups in total. The van der Waals surface area contributed by atoms with Crippen LogP contribution in [0.15, 0.2) is 82.9 Å².